The second-order valence-corrected chi connectivity index (χ2v) is 3.44. The molecule has 0 saturated carbocycles. The van der Waals surface area contributed by atoms with Crippen LogP contribution in [0, 0.1) is 19.7 Å². The van der Waals surface area contributed by atoms with Crippen LogP contribution in [0.3, 0.4) is 0 Å². The van der Waals surface area contributed by atoms with Crippen LogP contribution in [-0.2, 0) is 6.42 Å². The van der Waals surface area contributed by atoms with E-state index in [1.807, 2.05) is 13.8 Å². The van der Waals surface area contributed by atoms with Crippen LogP contribution in [0.1, 0.15) is 16.7 Å². The zero-order chi connectivity index (χ0) is 10.0. The van der Waals surface area contributed by atoms with Crippen molar-refractivity contribution in [2.45, 2.75) is 20.3 Å². The van der Waals surface area contributed by atoms with Crippen LogP contribution in [-0.4, -0.2) is 11.7 Å². The molecular formula is C10H12ClFO. The van der Waals surface area contributed by atoms with Crippen molar-refractivity contribution in [3.8, 4) is 0 Å². The molecule has 0 aliphatic heterocycles. The summed E-state index contributed by atoms with van der Waals surface area (Å²) in [5.74, 6) is -0.409. The first-order valence-corrected chi connectivity index (χ1v) is 4.50. The minimum atomic E-state index is -0.409. The molecule has 72 valence electrons. The highest BCUT2D eigenvalue weighted by Crippen LogP contribution is 2.26. The van der Waals surface area contributed by atoms with E-state index in [4.69, 9.17) is 16.7 Å². The van der Waals surface area contributed by atoms with Crippen LogP contribution in [0.25, 0.3) is 0 Å². The van der Waals surface area contributed by atoms with Gasteiger partial charge in [-0.15, -0.1) is 0 Å². The van der Waals surface area contributed by atoms with Gasteiger partial charge in [-0.25, -0.2) is 4.39 Å². The smallest absolute Gasteiger partial charge is 0.142 e. The molecule has 3 heteroatoms. The molecular weight excluding hydrogens is 191 g/mol. The van der Waals surface area contributed by atoms with Gasteiger partial charge < -0.3 is 5.11 Å². The number of hydrogen-bond donors (Lipinski definition) is 1. The predicted molar refractivity (Wildman–Crippen MR) is 51.7 cm³/mol. The lowest BCUT2D eigenvalue weighted by molar-refractivity contribution is 0.299. The van der Waals surface area contributed by atoms with Gasteiger partial charge in [0.15, 0.2) is 0 Å². The van der Waals surface area contributed by atoms with Gasteiger partial charge in [0.05, 0.1) is 5.02 Å². The number of halogens is 2. The Kier molecular flexibility index (Phi) is 3.28. The highest BCUT2D eigenvalue weighted by molar-refractivity contribution is 6.31. The third-order valence-electron chi connectivity index (χ3n) is 2.22. The molecule has 0 atom stereocenters. The summed E-state index contributed by atoms with van der Waals surface area (Å²) < 4.78 is 13.1. The minimum Gasteiger partial charge on any atom is -0.396 e. The van der Waals surface area contributed by atoms with Crippen LogP contribution in [0.15, 0.2) is 6.07 Å². The zero-order valence-corrected chi connectivity index (χ0v) is 8.45. The van der Waals surface area contributed by atoms with Crippen molar-refractivity contribution in [1.82, 2.24) is 0 Å². The van der Waals surface area contributed by atoms with Gasteiger partial charge in [0, 0.05) is 6.61 Å². The molecule has 0 aliphatic carbocycles. The first-order valence-electron chi connectivity index (χ1n) is 4.13. The summed E-state index contributed by atoms with van der Waals surface area (Å²) in [6.07, 6.45) is 0.406. The Balaban J connectivity index is 3.28. The number of aliphatic hydroxyl groups is 1. The molecule has 0 aliphatic rings. The second-order valence-electron chi connectivity index (χ2n) is 3.07. The molecule has 1 aromatic rings. The predicted octanol–water partition coefficient (Wildman–Crippen LogP) is 2.63. The van der Waals surface area contributed by atoms with Gasteiger partial charge in [-0.3, -0.25) is 0 Å². The van der Waals surface area contributed by atoms with E-state index in [-0.39, 0.29) is 11.6 Å². The summed E-state index contributed by atoms with van der Waals surface area (Å²) in [6, 6.07) is 1.42. The van der Waals surface area contributed by atoms with Crippen LogP contribution in [0.4, 0.5) is 4.39 Å². The molecule has 0 bridgehead atoms. The topological polar surface area (TPSA) is 20.2 Å². The maximum absolute atomic E-state index is 13.1. The number of aliphatic hydroxyl groups excluding tert-OH is 1. The first kappa shape index (κ1) is 10.5. The third-order valence-corrected chi connectivity index (χ3v) is 2.63. The van der Waals surface area contributed by atoms with Gasteiger partial charge in [0.1, 0.15) is 5.82 Å². The average Bonchev–Trinajstić information content (AvgIpc) is 2.09. The fourth-order valence-electron chi connectivity index (χ4n) is 1.32. The van der Waals surface area contributed by atoms with Gasteiger partial charge in [0.25, 0.3) is 0 Å². The van der Waals surface area contributed by atoms with Crippen molar-refractivity contribution in [3.05, 3.63) is 33.6 Å². The molecule has 0 saturated heterocycles. The lowest BCUT2D eigenvalue weighted by Crippen LogP contribution is -1.99. The van der Waals surface area contributed by atoms with Crippen LogP contribution in [0.2, 0.25) is 5.02 Å². The van der Waals surface area contributed by atoms with Gasteiger partial charge in [0.2, 0.25) is 0 Å². The minimum absolute atomic E-state index is 0.0105. The molecule has 1 aromatic carbocycles. The van der Waals surface area contributed by atoms with E-state index in [0.717, 1.165) is 11.1 Å². The highest BCUT2D eigenvalue weighted by atomic mass is 35.5. The molecule has 0 aromatic heterocycles. The number of aryl methyl sites for hydroxylation is 1. The SMILES string of the molecule is Cc1cc(F)c(Cl)c(CCO)c1C. The molecule has 0 unspecified atom stereocenters. The standard InChI is InChI=1S/C10H12ClFO/c1-6-5-9(12)10(11)8(3-4-13)7(6)2/h5,13H,3-4H2,1-2H3. The molecule has 1 N–H and O–H groups in total. The number of benzene rings is 1. The van der Waals surface area contributed by atoms with E-state index in [9.17, 15) is 4.39 Å². The highest BCUT2D eigenvalue weighted by Gasteiger charge is 2.11. The molecule has 0 amide bonds. The summed E-state index contributed by atoms with van der Waals surface area (Å²) in [6.45, 7) is 3.70. The molecule has 0 spiro atoms. The summed E-state index contributed by atoms with van der Waals surface area (Å²) in [5, 5.41) is 8.91. The lowest BCUT2D eigenvalue weighted by Gasteiger charge is -2.10. The van der Waals surface area contributed by atoms with E-state index in [1.165, 1.54) is 6.07 Å². The largest absolute Gasteiger partial charge is 0.396 e. The van der Waals surface area contributed by atoms with E-state index in [0.29, 0.717) is 12.0 Å². The van der Waals surface area contributed by atoms with Gasteiger partial charge in [-0.1, -0.05) is 11.6 Å². The fourth-order valence-corrected chi connectivity index (χ4v) is 1.61. The van der Waals surface area contributed by atoms with E-state index in [2.05, 4.69) is 0 Å². The molecule has 13 heavy (non-hydrogen) atoms. The number of hydrogen-bond acceptors (Lipinski definition) is 1. The molecule has 1 nitrogen and oxygen atoms in total. The van der Waals surface area contributed by atoms with Crippen molar-refractivity contribution >= 4 is 11.6 Å². The Morgan fingerprint density at radius 2 is 2.08 bits per heavy atom. The zero-order valence-electron chi connectivity index (χ0n) is 7.69. The van der Waals surface area contributed by atoms with Crippen molar-refractivity contribution < 1.29 is 9.50 Å². The van der Waals surface area contributed by atoms with E-state index in [1.54, 1.807) is 0 Å². The van der Waals surface area contributed by atoms with Gasteiger partial charge in [-0.05, 0) is 43.0 Å². The third kappa shape index (κ3) is 2.01. The van der Waals surface area contributed by atoms with E-state index < -0.39 is 5.82 Å². The van der Waals surface area contributed by atoms with E-state index >= 15 is 0 Å². The quantitative estimate of drug-likeness (QED) is 0.782. The van der Waals surface area contributed by atoms with Crippen molar-refractivity contribution in [2.24, 2.45) is 0 Å². The Morgan fingerprint density at radius 3 is 2.62 bits per heavy atom. The molecule has 1 rings (SSSR count). The maximum atomic E-state index is 13.1. The van der Waals surface area contributed by atoms with Gasteiger partial charge >= 0.3 is 0 Å². The molecule has 0 radical (unpaired) electrons. The first-order chi connectivity index (χ1) is 6.07. The maximum Gasteiger partial charge on any atom is 0.142 e. The Morgan fingerprint density at radius 1 is 1.46 bits per heavy atom. The fraction of sp³-hybridized carbons (Fsp3) is 0.400. The second kappa shape index (κ2) is 4.07. The van der Waals surface area contributed by atoms with Gasteiger partial charge in [-0.2, -0.15) is 0 Å². The van der Waals surface area contributed by atoms with Crippen LogP contribution in [0.5, 0.6) is 0 Å². The number of rotatable bonds is 2. The summed E-state index contributed by atoms with van der Waals surface area (Å²) in [7, 11) is 0. The van der Waals surface area contributed by atoms with Crippen LogP contribution >= 0.6 is 11.6 Å². The molecule has 0 fully saturated rings. The lowest BCUT2D eigenvalue weighted by atomic mass is 10.0. The normalized spacial score (nSPS) is 10.5. The Bertz CT molecular complexity index is 297. The summed E-state index contributed by atoms with van der Waals surface area (Å²) >= 11 is 5.76. The average molecular weight is 203 g/mol. The van der Waals surface area contributed by atoms with Crippen molar-refractivity contribution in [3.63, 3.8) is 0 Å². The van der Waals surface area contributed by atoms with Crippen molar-refractivity contribution in [2.75, 3.05) is 6.61 Å². The van der Waals surface area contributed by atoms with Crippen molar-refractivity contribution in [1.29, 1.82) is 0 Å². The monoisotopic (exact) mass is 202 g/mol. The van der Waals surface area contributed by atoms with Crippen LogP contribution < -0.4 is 0 Å². The Labute approximate surface area is 82.2 Å². The summed E-state index contributed by atoms with van der Waals surface area (Å²) in [4.78, 5) is 0. The molecule has 0 heterocycles. The summed E-state index contributed by atoms with van der Waals surface area (Å²) in [5.41, 5.74) is 2.53. The Hall–Kier alpha value is -0.600.